The lowest BCUT2D eigenvalue weighted by molar-refractivity contribution is -0.0706. The number of aromatic hydroxyl groups is 1. The lowest BCUT2D eigenvalue weighted by Gasteiger charge is -2.43. The van der Waals surface area contributed by atoms with Crippen LogP contribution in [-0.2, 0) is 12.2 Å². The zero-order valence-electron chi connectivity index (χ0n) is 19.2. The first kappa shape index (κ1) is 22.9. The van der Waals surface area contributed by atoms with E-state index in [-0.39, 0.29) is 11.7 Å². The quantitative estimate of drug-likeness (QED) is 0.529. The Labute approximate surface area is 205 Å². The second-order valence-corrected chi connectivity index (χ2v) is 9.69. The van der Waals surface area contributed by atoms with Gasteiger partial charge in [0.2, 0.25) is 0 Å². The highest BCUT2D eigenvalue weighted by molar-refractivity contribution is 6.30. The predicted molar refractivity (Wildman–Crippen MR) is 134 cm³/mol. The lowest BCUT2D eigenvalue weighted by Crippen LogP contribution is -2.49. The maximum atomic E-state index is 11.4. The van der Waals surface area contributed by atoms with Gasteiger partial charge in [0.05, 0.1) is 11.3 Å². The predicted octanol–water partition coefficient (Wildman–Crippen LogP) is 5.38. The van der Waals surface area contributed by atoms with Crippen LogP contribution in [0.4, 0.5) is 0 Å². The fourth-order valence-corrected chi connectivity index (χ4v) is 5.26. The monoisotopic (exact) mass is 476 g/mol. The number of rotatable bonds is 4. The van der Waals surface area contributed by atoms with E-state index in [0.717, 1.165) is 59.8 Å². The number of fused-ring (bicyclic) bond motifs is 2. The van der Waals surface area contributed by atoms with E-state index in [0.29, 0.717) is 18.1 Å². The van der Waals surface area contributed by atoms with Crippen LogP contribution in [-0.4, -0.2) is 39.7 Å². The molecule has 3 aromatic rings. The van der Waals surface area contributed by atoms with Crippen molar-refractivity contribution in [2.24, 2.45) is 5.92 Å². The molecule has 1 aromatic heterocycles. The molecular weight excluding hydrogens is 448 g/mol. The fraction of sp³-hybridized carbons (Fsp3) is 0.321. The highest BCUT2D eigenvalue weighted by atomic mass is 35.5. The SMILES string of the molecule is CC1CN(CC/C=C2/c3cc(O)ccc3OCc3ncccc32)CCC1(O)c1ccc(Cl)cc1. The molecule has 6 heteroatoms. The third-order valence-corrected chi connectivity index (χ3v) is 7.34. The minimum Gasteiger partial charge on any atom is -0.508 e. The number of likely N-dealkylation sites (tertiary alicyclic amines) is 1. The summed E-state index contributed by atoms with van der Waals surface area (Å²) >= 11 is 6.04. The molecule has 5 rings (SSSR count). The summed E-state index contributed by atoms with van der Waals surface area (Å²) in [6, 6.07) is 16.8. The number of phenolic OH excluding ortho intramolecular Hbond substituents is 1. The molecule has 34 heavy (non-hydrogen) atoms. The van der Waals surface area contributed by atoms with Gasteiger partial charge in [0, 0.05) is 47.9 Å². The van der Waals surface area contributed by atoms with E-state index >= 15 is 0 Å². The van der Waals surface area contributed by atoms with Crippen molar-refractivity contribution in [3.05, 3.63) is 94.3 Å². The van der Waals surface area contributed by atoms with E-state index in [1.54, 1.807) is 18.3 Å². The Kier molecular flexibility index (Phi) is 6.34. The highest BCUT2D eigenvalue weighted by Crippen LogP contribution is 2.39. The Morgan fingerprint density at radius 3 is 2.79 bits per heavy atom. The van der Waals surface area contributed by atoms with Gasteiger partial charge in [0.15, 0.2) is 0 Å². The van der Waals surface area contributed by atoms with E-state index in [4.69, 9.17) is 16.3 Å². The van der Waals surface area contributed by atoms with Crippen LogP contribution in [0.5, 0.6) is 11.5 Å². The minimum absolute atomic E-state index is 0.101. The molecule has 1 saturated heterocycles. The summed E-state index contributed by atoms with van der Waals surface area (Å²) in [7, 11) is 0. The van der Waals surface area contributed by atoms with Crippen LogP contribution in [0.15, 0.2) is 66.9 Å². The molecule has 0 amide bonds. The Hall–Kier alpha value is -2.86. The standard InChI is InChI=1S/C28H29ClN2O3/c1-19-17-31(15-12-28(19,33)20-6-8-21(29)9-7-20)14-3-5-23-24-4-2-13-30-26(24)18-34-27-11-10-22(32)16-25(23)27/h2,4-11,13,16,19,32-33H,3,12,14-15,17-18H2,1H3/b23-5+. The zero-order chi connectivity index (χ0) is 23.7. The number of aromatic nitrogens is 1. The normalized spacial score (nSPS) is 23.6. The number of nitrogens with zero attached hydrogens (tertiary/aromatic N) is 2. The molecule has 2 N–H and O–H groups in total. The average molecular weight is 477 g/mol. The van der Waals surface area contributed by atoms with Crippen molar-refractivity contribution in [1.82, 2.24) is 9.88 Å². The van der Waals surface area contributed by atoms with E-state index in [1.807, 2.05) is 36.4 Å². The molecule has 2 aliphatic rings. The van der Waals surface area contributed by atoms with Gasteiger partial charge in [-0.2, -0.15) is 0 Å². The molecule has 3 heterocycles. The number of aliphatic hydroxyl groups is 1. The molecule has 5 nitrogen and oxygen atoms in total. The van der Waals surface area contributed by atoms with Gasteiger partial charge in [-0.3, -0.25) is 4.98 Å². The van der Waals surface area contributed by atoms with Crippen molar-refractivity contribution >= 4 is 17.2 Å². The van der Waals surface area contributed by atoms with Crippen molar-refractivity contribution in [3.8, 4) is 11.5 Å². The van der Waals surface area contributed by atoms with Gasteiger partial charge in [-0.25, -0.2) is 0 Å². The van der Waals surface area contributed by atoms with E-state index in [2.05, 4.69) is 29.0 Å². The fourth-order valence-electron chi connectivity index (χ4n) is 5.13. The van der Waals surface area contributed by atoms with Gasteiger partial charge in [0.25, 0.3) is 0 Å². The minimum atomic E-state index is -0.834. The summed E-state index contributed by atoms with van der Waals surface area (Å²) in [6.07, 6.45) is 5.52. The van der Waals surface area contributed by atoms with Gasteiger partial charge in [-0.1, -0.05) is 42.8 Å². The first-order chi connectivity index (χ1) is 16.4. The van der Waals surface area contributed by atoms with Crippen LogP contribution in [0.2, 0.25) is 5.02 Å². The number of phenols is 1. The van der Waals surface area contributed by atoms with Crippen LogP contribution < -0.4 is 4.74 Å². The van der Waals surface area contributed by atoms with Gasteiger partial charge in [-0.05, 0) is 60.4 Å². The summed E-state index contributed by atoms with van der Waals surface area (Å²) in [5.41, 5.74) is 3.95. The van der Waals surface area contributed by atoms with E-state index < -0.39 is 5.60 Å². The van der Waals surface area contributed by atoms with Crippen molar-refractivity contribution in [2.75, 3.05) is 19.6 Å². The molecule has 0 saturated carbocycles. The number of piperidine rings is 1. The lowest BCUT2D eigenvalue weighted by atomic mass is 9.77. The van der Waals surface area contributed by atoms with Gasteiger partial charge < -0.3 is 19.8 Å². The number of halogens is 1. The summed E-state index contributed by atoms with van der Waals surface area (Å²) in [6.45, 7) is 5.04. The maximum absolute atomic E-state index is 11.4. The van der Waals surface area contributed by atoms with Crippen LogP contribution in [0.25, 0.3) is 5.57 Å². The third-order valence-electron chi connectivity index (χ3n) is 7.09. The number of hydrogen-bond acceptors (Lipinski definition) is 5. The van der Waals surface area contributed by atoms with E-state index in [9.17, 15) is 10.2 Å². The molecule has 0 aliphatic carbocycles. The first-order valence-electron chi connectivity index (χ1n) is 11.8. The Morgan fingerprint density at radius 2 is 2.00 bits per heavy atom. The third kappa shape index (κ3) is 4.43. The maximum Gasteiger partial charge on any atom is 0.131 e. The van der Waals surface area contributed by atoms with Crippen molar-refractivity contribution < 1.29 is 14.9 Å². The van der Waals surface area contributed by atoms with Crippen molar-refractivity contribution in [2.45, 2.75) is 32.0 Å². The van der Waals surface area contributed by atoms with Crippen LogP contribution in [0.3, 0.4) is 0 Å². The average Bonchev–Trinajstić information content (AvgIpc) is 2.99. The largest absolute Gasteiger partial charge is 0.508 e. The number of benzene rings is 2. The molecule has 2 aromatic carbocycles. The zero-order valence-corrected chi connectivity index (χ0v) is 20.0. The Balaban J connectivity index is 1.33. The topological polar surface area (TPSA) is 65.8 Å². The molecule has 1 fully saturated rings. The highest BCUT2D eigenvalue weighted by Gasteiger charge is 2.40. The van der Waals surface area contributed by atoms with Gasteiger partial charge in [-0.15, -0.1) is 0 Å². The summed E-state index contributed by atoms with van der Waals surface area (Å²) in [5.74, 6) is 1.07. The van der Waals surface area contributed by atoms with Gasteiger partial charge in [0.1, 0.15) is 18.1 Å². The Morgan fingerprint density at radius 1 is 1.18 bits per heavy atom. The molecule has 2 aliphatic heterocycles. The van der Waals surface area contributed by atoms with Crippen LogP contribution in [0.1, 0.15) is 42.1 Å². The molecule has 2 atom stereocenters. The second kappa shape index (κ2) is 9.41. The van der Waals surface area contributed by atoms with E-state index in [1.165, 1.54) is 0 Å². The summed E-state index contributed by atoms with van der Waals surface area (Å²) in [4.78, 5) is 6.93. The summed E-state index contributed by atoms with van der Waals surface area (Å²) in [5, 5.41) is 22.2. The van der Waals surface area contributed by atoms with Crippen molar-refractivity contribution in [3.63, 3.8) is 0 Å². The number of pyridine rings is 1. The molecule has 2 unspecified atom stereocenters. The molecule has 0 radical (unpaired) electrons. The molecular formula is C28H29ClN2O3. The van der Waals surface area contributed by atoms with Gasteiger partial charge >= 0.3 is 0 Å². The smallest absolute Gasteiger partial charge is 0.131 e. The molecule has 176 valence electrons. The second-order valence-electron chi connectivity index (χ2n) is 9.26. The van der Waals surface area contributed by atoms with Crippen LogP contribution in [0, 0.1) is 5.92 Å². The molecule has 0 spiro atoms. The number of ether oxygens (including phenoxy) is 1. The van der Waals surface area contributed by atoms with Crippen molar-refractivity contribution in [1.29, 1.82) is 0 Å². The first-order valence-corrected chi connectivity index (χ1v) is 12.1. The molecule has 0 bridgehead atoms. The summed E-state index contributed by atoms with van der Waals surface area (Å²) < 4.78 is 5.98. The van der Waals surface area contributed by atoms with Crippen LogP contribution >= 0.6 is 11.6 Å². The Bertz CT molecular complexity index is 1210. The number of hydrogen-bond donors (Lipinski definition) is 2.